The third kappa shape index (κ3) is 5.32. The number of ketones is 2. The van der Waals surface area contributed by atoms with Gasteiger partial charge in [-0.05, 0) is 61.5 Å². The van der Waals surface area contributed by atoms with Crippen molar-refractivity contribution in [1.29, 1.82) is 0 Å². The Balaban J connectivity index is 1.24. The number of fused-ring (bicyclic) bond motifs is 2. The number of hydrogen-bond acceptors (Lipinski definition) is 6. The zero-order valence-electron chi connectivity index (χ0n) is 21.2. The van der Waals surface area contributed by atoms with E-state index in [1.807, 2.05) is 12.1 Å². The quantitative estimate of drug-likeness (QED) is 0.253. The van der Waals surface area contributed by atoms with E-state index in [4.69, 9.17) is 4.74 Å². The van der Waals surface area contributed by atoms with Gasteiger partial charge in [0.15, 0.2) is 11.6 Å². The van der Waals surface area contributed by atoms with Crippen LogP contribution in [0.1, 0.15) is 49.1 Å². The summed E-state index contributed by atoms with van der Waals surface area (Å²) < 4.78 is 5.12. The first kappa shape index (κ1) is 25.9. The van der Waals surface area contributed by atoms with Crippen LogP contribution >= 0.6 is 11.8 Å². The summed E-state index contributed by atoms with van der Waals surface area (Å²) in [7, 11) is 1.57. The van der Waals surface area contributed by atoms with Crippen molar-refractivity contribution >= 4 is 46.5 Å². The lowest BCUT2D eigenvalue weighted by atomic mass is 9.83. The van der Waals surface area contributed by atoms with Crippen LogP contribution in [0.5, 0.6) is 5.75 Å². The van der Waals surface area contributed by atoms with E-state index in [1.54, 1.807) is 92.9 Å². The van der Waals surface area contributed by atoms with Gasteiger partial charge in [-0.1, -0.05) is 36.4 Å². The molecule has 1 unspecified atom stereocenters. The van der Waals surface area contributed by atoms with E-state index >= 15 is 0 Å². The molecule has 0 radical (unpaired) electrons. The van der Waals surface area contributed by atoms with Crippen LogP contribution in [-0.2, 0) is 4.79 Å². The molecule has 7 nitrogen and oxygen atoms in total. The van der Waals surface area contributed by atoms with Gasteiger partial charge in [-0.25, -0.2) is 0 Å². The predicted octanol–water partition coefficient (Wildman–Crippen LogP) is 5.84. The fourth-order valence-corrected chi connectivity index (χ4v) is 5.17. The molecule has 0 saturated heterocycles. The van der Waals surface area contributed by atoms with Crippen LogP contribution in [0.15, 0.2) is 95.9 Å². The van der Waals surface area contributed by atoms with E-state index in [-0.39, 0.29) is 34.5 Å². The number of benzene rings is 4. The SMILES string of the molecule is COc1ccc(C(=O)Nc2ccc(SC(C)C(=O)Nc3cccc4c3C(=O)c3ccccc3C4=O)cc2)cc1. The van der Waals surface area contributed by atoms with E-state index in [9.17, 15) is 19.2 Å². The number of thioether (sulfide) groups is 1. The van der Waals surface area contributed by atoms with E-state index in [2.05, 4.69) is 10.6 Å². The Morgan fingerprint density at radius 1 is 0.744 bits per heavy atom. The van der Waals surface area contributed by atoms with E-state index in [0.29, 0.717) is 33.8 Å². The van der Waals surface area contributed by atoms with Gasteiger partial charge in [-0.15, -0.1) is 11.8 Å². The monoisotopic (exact) mass is 536 g/mol. The summed E-state index contributed by atoms with van der Waals surface area (Å²) in [5, 5.41) is 5.19. The molecule has 0 saturated carbocycles. The van der Waals surface area contributed by atoms with Gasteiger partial charge in [0.25, 0.3) is 5.91 Å². The molecule has 1 aliphatic rings. The topological polar surface area (TPSA) is 102 Å². The molecule has 0 spiro atoms. The normalized spacial score (nSPS) is 12.7. The van der Waals surface area contributed by atoms with Gasteiger partial charge in [0.2, 0.25) is 5.91 Å². The smallest absolute Gasteiger partial charge is 0.255 e. The van der Waals surface area contributed by atoms with E-state index in [1.165, 1.54) is 11.8 Å². The van der Waals surface area contributed by atoms with Crippen LogP contribution < -0.4 is 15.4 Å². The van der Waals surface area contributed by atoms with Crippen molar-refractivity contribution in [3.63, 3.8) is 0 Å². The molecule has 0 aliphatic heterocycles. The predicted molar refractivity (Wildman–Crippen MR) is 151 cm³/mol. The standard InChI is InChI=1S/C31H24N2O5S/c1-18(39-22-16-12-20(13-17-22)32-31(37)19-10-14-21(38-2)15-11-19)30(36)33-26-9-5-8-25-27(26)29(35)24-7-4-3-6-23(24)28(25)34/h3-18H,1-2H3,(H,32,37)(H,33,36). The number of methoxy groups -OCH3 is 1. The summed E-state index contributed by atoms with van der Waals surface area (Å²) in [4.78, 5) is 52.6. The minimum Gasteiger partial charge on any atom is -0.497 e. The first-order valence-corrected chi connectivity index (χ1v) is 13.1. The lowest BCUT2D eigenvalue weighted by molar-refractivity contribution is -0.115. The van der Waals surface area contributed by atoms with Crippen LogP contribution in [0.25, 0.3) is 0 Å². The van der Waals surface area contributed by atoms with Gasteiger partial charge in [0.05, 0.1) is 23.6 Å². The van der Waals surface area contributed by atoms with Gasteiger partial charge in [0, 0.05) is 32.8 Å². The highest BCUT2D eigenvalue weighted by atomic mass is 32.2. The Morgan fingerprint density at radius 3 is 2.05 bits per heavy atom. The molecule has 39 heavy (non-hydrogen) atoms. The molecule has 5 rings (SSSR count). The van der Waals surface area contributed by atoms with Crippen molar-refractivity contribution in [2.24, 2.45) is 0 Å². The fourth-order valence-electron chi connectivity index (χ4n) is 4.30. The molecule has 4 aromatic carbocycles. The van der Waals surface area contributed by atoms with Crippen LogP contribution in [0, 0.1) is 0 Å². The summed E-state index contributed by atoms with van der Waals surface area (Å²) in [6, 6.07) is 25.6. The second-order valence-corrected chi connectivity index (χ2v) is 10.3. The van der Waals surface area contributed by atoms with Gasteiger partial charge < -0.3 is 15.4 Å². The molecule has 0 heterocycles. The van der Waals surface area contributed by atoms with Crippen molar-refractivity contribution in [2.75, 3.05) is 17.7 Å². The lowest BCUT2D eigenvalue weighted by Gasteiger charge is -2.21. The molecule has 8 heteroatoms. The molecule has 4 aromatic rings. The highest BCUT2D eigenvalue weighted by molar-refractivity contribution is 8.00. The van der Waals surface area contributed by atoms with Crippen molar-refractivity contribution < 1.29 is 23.9 Å². The number of nitrogens with one attached hydrogen (secondary N) is 2. The molecule has 194 valence electrons. The Hall–Kier alpha value is -4.69. The third-order valence-corrected chi connectivity index (χ3v) is 7.47. The second-order valence-electron chi connectivity index (χ2n) is 8.89. The zero-order chi connectivity index (χ0) is 27.5. The van der Waals surface area contributed by atoms with Crippen LogP contribution in [0.3, 0.4) is 0 Å². The van der Waals surface area contributed by atoms with Gasteiger partial charge in [-0.2, -0.15) is 0 Å². The van der Waals surface area contributed by atoms with Crippen LogP contribution in [-0.4, -0.2) is 35.7 Å². The number of carbonyl (C=O) groups excluding carboxylic acids is 4. The van der Waals surface area contributed by atoms with Gasteiger partial charge >= 0.3 is 0 Å². The summed E-state index contributed by atoms with van der Waals surface area (Å²) in [5.74, 6) is -0.401. The summed E-state index contributed by atoms with van der Waals surface area (Å²) >= 11 is 1.34. The number of rotatable bonds is 7. The Morgan fingerprint density at radius 2 is 1.38 bits per heavy atom. The Bertz CT molecular complexity index is 1600. The van der Waals surface area contributed by atoms with E-state index < -0.39 is 5.25 Å². The van der Waals surface area contributed by atoms with Crippen molar-refractivity contribution in [1.82, 2.24) is 0 Å². The highest BCUT2D eigenvalue weighted by Crippen LogP contribution is 2.33. The van der Waals surface area contributed by atoms with Crippen LogP contribution in [0.4, 0.5) is 11.4 Å². The zero-order valence-corrected chi connectivity index (χ0v) is 22.0. The van der Waals surface area contributed by atoms with Gasteiger partial charge in [-0.3, -0.25) is 19.2 Å². The summed E-state index contributed by atoms with van der Waals surface area (Å²) in [6.07, 6.45) is 0. The van der Waals surface area contributed by atoms with Gasteiger partial charge in [0.1, 0.15) is 5.75 Å². The average Bonchev–Trinajstić information content (AvgIpc) is 2.96. The number of carbonyl (C=O) groups is 4. The minimum absolute atomic E-state index is 0.212. The van der Waals surface area contributed by atoms with Crippen LogP contribution in [0.2, 0.25) is 0 Å². The molecule has 0 aromatic heterocycles. The highest BCUT2D eigenvalue weighted by Gasteiger charge is 2.32. The van der Waals surface area contributed by atoms with E-state index in [0.717, 1.165) is 4.90 Å². The largest absolute Gasteiger partial charge is 0.497 e. The maximum Gasteiger partial charge on any atom is 0.255 e. The molecule has 2 N–H and O–H groups in total. The maximum atomic E-state index is 13.2. The number of ether oxygens (including phenoxy) is 1. The second kappa shape index (κ2) is 11.0. The molecule has 0 bridgehead atoms. The number of anilines is 2. The average molecular weight is 537 g/mol. The molecule has 1 aliphatic carbocycles. The Labute approximate surface area is 229 Å². The molecule has 2 amide bonds. The number of hydrogen-bond donors (Lipinski definition) is 2. The van der Waals surface area contributed by atoms with Crippen molar-refractivity contribution in [3.05, 3.63) is 119 Å². The molecule has 1 atom stereocenters. The number of amides is 2. The van der Waals surface area contributed by atoms with Crippen molar-refractivity contribution in [2.45, 2.75) is 17.1 Å². The molecular formula is C31H24N2O5S. The summed E-state index contributed by atoms with van der Waals surface area (Å²) in [5.41, 5.74) is 2.63. The fraction of sp³-hybridized carbons (Fsp3) is 0.0968. The first-order chi connectivity index (χ1) is 18.9. The lowest BCUT2D eigenvalue weighted by Crippen LogP contribution is -2.27. The molecular weight excluding hydrogens is 512 g/mol. The Kier molecular flexibility index (Phi) is 7.29. The molecule has 0 fully saturated rings. The summed E-state index contributed by atoms with van der Waals surface area (Å²) in [6.45, 7) is 1.76. The maximum absolute atomic E-state index is 13.2. The first-order valence-electron chi connectivity index (χ1n) is 12.2. The third-order valence-electron chi connectivity index (χ3n) is 6.36. The van der Waals surface area contributed by atoms with Crippen molar-refractivity contribution in [3.8, 4) is 5.75 Å². The minimum atomic E-state index is -0.498.